The maximum absolute atomic E-state index is 12.1. The molecule has 33 heavy (non-hydrogen) atoms. The maximum Gasteiger partial charge on any atom is 0.326 e. The highest BCUT2D eigenvalue weighted by Crippen LogP contribution is 2.18. The SMILES string of the molecule is NC(N)=Nc1cccc(COc2ccc(CC(NC(=O)Nc3ccccc3)C(=O)O)cc2)c1. The third-order valence-electron chi connectivity index (χ3n) is 4.57. The number of amides is 2. The standard InChI is InChI=1S/C24H25N5O4/c25-23(26)27-19-8-4-5-17(13-19)15-33-20-11-9-16(10-12-20)14-21(22(30)31)29-24(32)28-18-6-2-1-3-7-18/h1-13,21H,14-15H2,(H,30,31)(H4,25,26,27)(H2,28,29,32). The summed E-state index contributed by atoms with van der Waals surface area (Å²) in [7, 11) is 0. The molecule has 0 radical (unpaired) electrons. The van der Waals surface area contributed by atoms with Crippen molar-refractivity contribution in [2.45, 2.75) is 19.1 Å². The second kappa shape index (κ2) is 11.2. The lowest BCUT2D eigenvalue weighted by Gasteiger charge is -2.16. The van der Waals surface area contributed by atoms with E-state index in [1.54, 1.807) is 54.6 Å². The van der Waals surface area contributed by atoms with Crippen molar-refractivity contribution in [3.63, 3.8) is 0 Å². The van der Waals surface area contributed by atoms with Gasteiger partial charge in [0.2, 0.25) is 0 Å². The van der Waals surface area contributed by atoms with Crippen LogP contribution in [0.5, 0.6) is 5.75 Å². The van der Waals surface area contributed by atoms with Gasteiger partial charge in [0, 0.05) is 12.1 Å². The van der Waals surface area contributed by atoms with Crippen molar-refractivity contribution >= 4 is 29.3 Å². The summed E-state index contributed by atoms with van der Waals surface area (Å²) in [6.07, 6.45) is 0.123. The third-order valence-corrected chi connectivity index (χ3v) is 4.57. The molecule has 0 aliphatic heterocycles. The molecule has 1 atom stereocenters. The van der Waals surface area contributed by atoms with Gasteiger partial charge in [-0.1, -0.05) is 42.5 Å². The first kappa shape index (κ1) is 23.1. The Labute approximate surface area is 191 Å². The monoisotopic (exact) mass is 447 g/mol. The molecule has 9 heteroatoms. The number of nitrogens with one attached hydrogen (secondary N) is 2. The predicted octanol–water partition coefficient (Wildman–Crippen LogP) is 2.99. The Bertz CT molecular complexity index is 1110. The van der Waals surface area contributed by atoms with Crippen LogP contribution in [0.3, 0.4) is 0 Å². The van der Waals surface area contributed by atoms with E-state index >= 15 is 0 Å². The number of rotatable bonds is 9. The minimum Gasteiger partial charge on any atom is -0.489 e. The number of urea groups is 1. The number of carbonyl (C=O) groups is 2. The van der Waals surface area contributed by atoms with E-state index < -0.39 is 18.0 Å². The van der Waals surface area contributed by atoms with Gasteiger partial charge in [0.05, 0.1) is 5.69 Å². The smallest absolute Gasteiger partial charge is 0.326 e. The number of guanidine groups is 1. The van der Waals surface area contributed by atoms with Crippen LogP contribution >= 0.6 is 0 Å². The van der Waals surface area contributed by atoms with Crippen molar-refractivity contribution in [3.8, 4) is 5.75 Å². The first-order chi connectivity index (χ1) is 15.9. The van der Waals surface area contributed by atoms with Gasteiger partial charge in [0.15, 0.2) is 5.96 Å². The zero-order valence-electron chi connectivity index (χ0n) is 17.8. The van der Waals surface area contributed by atoms with E-state index in [1.807, 2.05) is 24.3 Å². The number of ether oxygens (including phenoxy) is 1. The first-order valence-electron chi connectivity index (χ1n) is 10.1. The maximum atomic E-state index is 12.1. The van der Waals surface area contributed by atoms with E-state index in [9.17, 15) is 14.7 Å². The summed E-state index contributed by atoms with van der Waals surface area (Å²) in [6.45, 7) is 0.312. The van der Waals surface area contributed by atoms with Crippen molar-refractivity contribution in [1.29, 1.82) is 0 Å². The van der Waals surface area contributed by atoms with Gasteiger partial charge in [-0.15, -0.1) is 0 Å². The summed E-state index contributed by atoms with van der Waals surface area (Å²) < 4.78 is 5.78. The van der Waals surface area contributed by atoms with Crippen LogP contribution in [0.25, 0.3) is 0 Å². The topological polar surface area (TPSA) is 152 Å². The molecule has 0 spiro atoms. The Balaban J connectivity index is 1.55. The largest absolute Gasteiger partial charge is 0.489 e. The number of carboxylic acids is 1. The predicted molar refractivity (Wildman–Crippen MR) is 126 cm³/mol. The molecule has 0 aliphatic rings. The molecule has 3 aromatic rings. The number of nitrogens with two attached hydrogens (primary N) is 2. The number of carboxylic acid groups (broad SMARTS) is 1. The van der Waals surface area contributed by atoms with Crippen LogP contribution < -0.4 is 26.8 Å². The molecule has 0 saturated heterocycles. The lowest BCUT2D eigenvalue weighted by molar-refractivity contribution is -0.139. The second-order valence-corrected chi connectivity index (χ2v) is 7.20. The van der Waals surface area contributed by atoms with Gasteiger partial charge in [-0.3, -0.25) is 0 Å². The number of aliphatic imine (C=N–C) groups is 1. The highest BCUT2D eigenvalue weighted by Gasteiger charge is 2.20. The summed E-state index contributed by atoms with van der Waals surface area (Å²) >= 11 is 0. The fourth-order valence-corrected chi connectivity index (χ4v) is 3.04. The first-order valence-corrected chi connectivity index (χ1v) is 10.1. The number of benzene rings is 3. The summed E-state index contributed by atoms with van der Waals surface area (Å²) in [5.41, 5.74) is 13.6. The molecular formula is C24H25N5O4. The van der Waals surface area contributed by atoms with Gasteiger partial charge in [0.25, 0.3) is 0 Å². The van der Waals surface area contributed by atoms with E-state index in [0.717, 1.165) is 11.1 Å². The zero-order valence-corrected chi connectivity index (χ0v) is 17.8. The Morgan fingerprint density at radius 2 is 1.67 bits per heavy atom. The summed E-state index contributed by atoms with van der Waals surface area (Å²) in [6, 6.07) is 21.5. The number of nitrogens with zero attached hydrogens (tertiary/aromatic N) is 1. The highest BCUT2D eigenvalue weighted by molar-refractivity contribution is 5.92. The zero-order chi connectivity index (χ0) is 23.6. The van der Waals surface area contributed by atoms with E-state index in [2.05, 4.69) is 15.6 Å². The van der Waals surface area contributed by atoms with Crippen LogP contribution in [0.1, 0.15) is 11.1 Å². The molecule has 0 fully saturated rings. The molecule has 9 nitrogen and oxygen atoms in total. The highest BCUT2D eigenvalue weighted by atomic mass is 16.5. The molecule has 3 rings (SSSR count). The fourth-order valence-electron chi connectivity index (χ4n) is 3.04. The summed E-state index contributed by atoms with van der Waals surface area (Å²) in [5, 5.41) is 14.6. The van der Waals surface area contributed by atoms with Gasteiger partial charge >= 0.3 is 12.0 Å². The van der Waals surface area contributed by atoms with Crippen LogP contribution in [0, 0.1) is 0 Å². The van der Waals surface area contributed by atoms with Crippen molar-refractivity contribution in [3.05, 3.63) is 90.0 Å². The molecule has 0 heterocycles. The van der Waals surface area contributed by atoms with E-state index in [4.69, 9.17) is 16.2 Å². The van der Waals surface area contributed by atoms with Gasteiger partial charge in [-0.25, -0.2) is 14.6 Å². The number of anilines is 1. The van der Waals surface area contributed by atoms with Crippen LogP contribution in [0.4, 0.5) is 16.2 Å². The van der Waals surface area contributed by atoms with Crippen LogP contribution in [0.2, 0.25) is 0 Å². The fraction of sp³-hybridized carbons (Fsp3) is 0.125. The van der Waals surface area contributed by atoms with Gasteiger partial charge < -0.3 is 31.9 Å². The van der Waals surface area contributed by atoms with Crippen LogP contribution in [0.15, 0.2) is 83.9 Å². The lowest BCUT2D eigenvalue weighted by Crippen LogP contribution is -2.44. The quantitative estimate of drug-likeness (QED) is 0.251. The lowest BCUT2D eigenvalue weighted by atomic mass is 10.1. The van der Waals surface area contributed by atoms with Gasteiger partial charge in [-0.2, -0.15) is 0 Å². The minimum atomic E-state index is -1.13. The number of hydrogen-bond donors (Lipinski definition) is 5. The second-order valence-electron chi connectivity index (χ2n) is 7.20. The van der Waals surface area contributed by atoms with Crippen LogP contribution in [-0.4, -0.2) is 29.1 Å². The normalized spacial score (nSPS) is 11.2. The Hall–Kier alpha value is -4.53. The molecule has 2 amide bonds. The van der Waals surface area contributed by atoms with Crippen molar-refractivity contribution in [1.82, 2.24) is 5.32 Å². The van der Waals surface area contributed by atoms with Crippen molar-refractivity contribution in [2.75, 3.05) is 5.32 Å². The average Bonchev–Trinajstić information content (AvgIpc) is 2.78. The van der Waals surface area contributed by atoms with Gasteiger partial charge in [0.1, 0.15) is 18.4 Å². The van der Waals surface area contributed by atoms with Gasteiger partial charge in [-0.05, 0) is 47.5 Å². The molecule has 3 aromatic carbocycles. The van der Waals surface area contributed by atoms with Crippen LogP contribution in [-0.2, 0) is 17.8 Å². The number of hydrogen-bond acceptors (Lipinski definition) is 4. The number of carbonyl (C=O) groups excluding carboxylic acids is 1. The molecular weight excluding hydrogens is 422 g/mol. The van der Waals surface area contributed by atoms with Crippen molar-refractivity contribution < 1.29 is 19.4 Å². The Morgan fingerprint density at radius 3 is 2.33 bits per heavy atom. The van der Waals surface area contributed by atoms with E-state index in [-0.39, 0.29) is 12.4 Å². The molecule has 0 aromatic heterocycles. The molecule has 1 unspecified atom stereocenters. The Morgan fingerprint density at radius 1 is 0.939 bits per heavy atom. The summed E-state index contributed by atoms with van der Waals surface area (Å²) in [5.74, 6) is -0.526. The number of aliphatic carboxylic acids is 1. The summed E-state index contributed by atoms with van der Waals surface area (Å²) in [4.78, 5) is 27.8. The molecule has 0 bridgehead atoms. The third kappa shape index (κ3) is 7.59. The number of para-hydroxylation sites is 1. The molecule has 7 N–H and O–H groups in total. The van der Waals surface area contributed by atoms with Crippen molar-refractivity contribution in [2.24, 2.45) is 16.5 Å². The Kier molecular flexibility index (Phi) is 7.85. The average molecular weight is 447 g/mol. The van der Waals surface area contributed by atoms with E-state index in [1.165, 1.54) is 0 Å². The minimum absolute atomic E-state index is 0.0182. The molecule has 0 saturated carbocycles. The molecule has 0 aliphatic carbocycles. The molecule has 170 valence electrons. The van der Waals surface area contributed by atoms with E-state index in [0.29, 0.717) is 23.7 Å².